The number of rotatable bonds is 3. The van der Waals surface area contributed by atoms with Crippen LogP contribution in [-0.2, 0) is 11.2 Å². The summed E-state index contributed by atoms with van der Waals surface area (Å²) in [6.45, 7) is 0. The van der Waals surface area contributed by atoms with Crippen LogP contribution in [0.1, 0.15) is 5.56 Å². The van der Waals surface area contributed by atoms with Crippen LogP contribution in [0.2, 0.25) is 15.1 Å². The lowest BCUT2D eigenvalue weighted by Gasteiger charge is -2.07. The minimum atomic E-state index is -0.231. The molecule has 0 spiro atoms. The molecule has 0 bridgehead atoms. The van der Waals surface area contributed by atoms with E-state index in [9.17, 15) is 9.90 Å². The Morgan fingerprint density at radius 3 is 2.35 bits per heavy atom. The second kappa shape index (κ2) is 6.35. The summed E-state index contributed by atoms with van der Waals surface area (Å²) in [5.41, 5.74) is 1.21. The maximum absolute atomic E-state index is 11.9. The maximum atomic E-state index is 11.9. The molecule has 0 atom stereocenters. The fourth-order valence-electron chi connectivity index (χ4n) is 1.63. The molecule has 2 aromatic rings. The molecule has 0 aromatic heterocycles. The number of phenols is 1. The monoisotopic (exact) mass is 329 g/mol. The highest BCUT2D eigenvalue weighted by Gasteiger charge is 2.07. The van der Waals surface area contributed by atoms with Gasteiger partial charge in [-0.15, -0.1) is 0 Å². The summed E-state index contributed by atoms with van der Waals surface area (Å²) in [6.07, 6.45) is 0.153. The van der Waals surface area contributed by atoms with E-state index in [1.165, 1.54) is 12.1 Å². The lowest BCUT2D eigenvalue weighted by atomic mass is 10.1. The minimum absolute atomic E-state index is 0.0843. The lowest BCUT2D eigenvalue weighted by Crippen LogP contribution is -2.14. The van der Waals surface area contributed by atoms with Crippen LogP contribution < -0.4 is 5.32 Å². The Kier molecular flexibility index (Phi) is 4.76. The van der Waals surface area contributed by atoms with E-state index in [4.69, 9.17) is 34.8 Å². The van der Waals surface area contributed by atoms with Crippen LogP contribution in [-0.4, -0.2) is 11.0 Å². The molecule has 1 amide bonds. The predicted octanol–water partition coefficient (Wildman–Crippen LogP) is 4.53. The molecule has 2 rings (SSSR count). The zero-order valence-corrected chi connectivity index (χ0v) is 12.4. The summed E-state index contributed by atoms with van der Waals surface area (Å²) in [5, 5.41) is 13.2. The Bertz CT molecular complexity index is 603. The molecule has 0 aliphatic carbocycles. The molecule has 0 heterocycles. The van der Waals surface area contributed by atoms with Crippen molar-refractivity contribution in [3.63, 3.8) is 0 Å². The molecule has 0 fully saturated rings. The first kappa shape index (κ1) is 15.0. The van der Waals surface area contributed by atoms with Crippen molar-refractivity contribution in [2.45, 2.75) is 6.42 Å². The maximum Gasteiger partial charge on any atom is 0.228 e. The third-order valence-electron chi connectivity index (χ3n) is 2.58. The van der Waals surface area contributed by atoms with E-state index in [0.29, 0.717) is 15.7 Å². The van der Waals surface area contributed by atoms with Crippen LogP contribution in [0.25, 0.3) is 0 Å². The van der Waals surface area contributed by atoms with Crippen molar-refractivity contribution in [2.75, 3.05) is 5.32 Å². The molecule has 0 saturated carbocycles. The third kappa shape index (κ3) is 3.79. The van der Waals surface area contributed by atoms with Gasteiger partial charge in [0.2, 0.25) is 5.91 Å². The molecular weight excluding hydrogens is 321 g/mol. The number of anilines is 1. The average molecular weight is 331 g/mol. The Labute approximate surface area is 131 Å². The number of benzene rings is 2. The van der Waals surface area contributed by atoms with Gasteiger partial charge in [-0.25, -0.2) is 0 Å². The summed E-state index contributed by atoms with van der Waals surface area (Å²) in [6, 6.07) is 9.51. The molecule has 2 N–H and O–H groups in total. The van der Waals surface area contributed by atoms with Crippen molar-refractivity contribution >= 4 is 46.4 Å². The number of nitrogens with one attached hydrogen (secondary N) is 1. The van der Waals surface area contributed by atoms with E-state index < -0.39 is 0 Å². The summed E-state index contributed by atoms with van der Waals surface area (Å²) >= 11 is 17.4. The van der Waals surface area contributed by atoms with Crippen molar-refractivity contribution in [3.05, 3.63) is 57.0 Å². The highest BCUT2D eigenvalue weighted by Crippen LogP contribution is 2.26. The first-order chi connectivity index (χ1) is 9.45. The normalized spacial score (nSPS) is 10.3. The van der Waals surface area contributed by atoms with Gasteiger partial charge in [0.25, 0.3) is 0 Å². The van der Waals surface area contributed by atoms with Crippen molar-refractivity contribution in [1.29, 1.82) is 0 Å². The predicted molar refractivity (Wildman–Crippen MR) is 81.9 cm³/mol. The molecular formula is C14H10Cl3NO2. The molecule has 20 heavy (non-hydrogen) atoms. The van der Waals surface area contributed by atoms with Crippen LogP contribution in [0.3, 0.4) is 0 Å². The molecule has 0 radical (unpaired) electrons. The minimum Gasteiger partial charge on any atom is -0.506 e. The second-order valence-electron chi connectivity index (χ2n) is 4.14. The molecule has 6 heteroatoms. The van der Waals surface area contributed by atoms with E-state index >= 15 is 0 Å². The van der Waals surface area contributed by atoms with Crippen LogP contribution >= 0.6 is 34.8 Å². The number of hydrogen-bond acceptors (Lipinski definition) is 2. The lowest BCUT2D eigenvalue weighted by molar-refractivity contribution is -0.115. The fraction of sp³-hybridized carbons (Fsp3) is 0.0714. The second-order valence-corrected chi connectivity index (χ2v) is 5.36. The van der Waals surface area contributed by atoms with Gasteiger partial charge in [0.05, 0.1) is 21.5 Å². The first-order valence-electron chi connectivity index (χ1n) is 5.68. The van der Waals surface area contributed by atoms with Gasteiger partial charge >= 0.3 is 0 Å². The summed E-state index contributed by atoms with van der Waals surface area (Å²) < 4.78 is 0. The van der Waals surface area contributed by atoms with E-state index in [-0.39, 0.29) is 23.1 Å². The molecule has 0 saturated heterocycles. The SMILES string of the molecule is O=C(Cc1ccc(Cl)c(Cl)c1)Nc1ccc(Cl)c(O)c1. The number of halogens is 3. The molecule has 2 aromatic carbocycles. The number of carbonyl (C=O) groups excluding carboxylic acids is 1. The molecule has 0 unspecified atom stereocenters. The van der Waals surface area contributed by atoms with Gasteiger partial charge in [0.15, 0.2) is 0 Å². The van der Waals surface area contributed by atoms with Gasteiger partial charge in [-0.3, -0.25) is 4.79 Å². The molecule has 104 valence electrons. The Morgan fingerprint density at radius 2 is 1.70 bits per heavy atom. The number of aromatic hydroxyl groups is 1. The van der Waals surface area contributed by atoms with Crippen LogP contribution in [0.5, 0.6) is 5.75 Å². The van der Waals surface area contributed by atoms with Gasteiger partial charge in [0, 0.05) is 11.8 Å². The van der Waals surface area contributed by atoms with Crippen molar-refractivity contribution in [2.24, 2.45) is 0 Å². The van der Waals surface area contributed by atoms with Crippen LogP contribution in [0.4, 0.5) is 5.69 Å². The third-order valence-corrected chi connectivity index (χ3v) is 3.64. The van der Waals surface area contributed by atoms with Gasteiger partial charge in [0.1, 0.15) is 5.75 Å². The van der Waals surface area contributed by atoms with E-state index in [1.807, 2.05) is 0 Å². The summed E-state index contributed by atoms with van der Waals surface area (Å²) in [7, 11) is 0. The fourth-order valence-corrected chi connectivity index (χ4v) is 2.07. The molecule has 0 aliphatic rings. The highest BCUT2D eigenvalue weighted by atomic mass is 35.5. The zero-order chi connectivity index (χ0) is 14.7. The van der Waals surface area contributed by atoms with Crippen LogP contribution in [0.15, 0.2) is 36.4 Å². The number of phenolic OH excluding ortho intramolecular Hbond substituents is 1. The molecule has 0 aliphatic heterocycles. The van der Waals surface area contributed by atoms with Gasteiger partial charge in [-0.05, 0) is 29.8 Å². The van der Waals surface area contributed by atoms with E-state index in [0.717, 1.165) is 5.56 Å². The molecule has 3 nitrogen and oxygen atoms in total. The number of hydrogen-bond donors (Lipinski definition) is 2. The Hall–Kier alpha value is -1.42. The zero-order valence-electron chi connectivity index (χ0n) is 10.2. The number of amides is 1. The average Bonchev–Trinajstić information content (AvgIpc) is 2.38. The van der Waals surface area contributed by atoms with Crippen LogP contribution in [0, 0.1) is 0 Å². The van der Waals surface area contributed by atoms with Crippen molar-refractivity contribution < 1.29 is 9.90 Å². The highest BCUT2D eigenvalue weighted by molar-refractivity contribution is 6.42. The quantitative estimate of drug-likeness (QED) is 0.868. The summed E-state index contributed by atoms with van der Waals surface area (Å²) in [5.74, 6) is -0.316. The smallest absolute Gasteiger partial charge is 0.228 e. The summed E-state index contributed by atoms with van der Waals surface area (Å²) in [4.78, 5) is 11.9. The first-order valence-corrected chi connectivity index (χ1v) is 6.81. The largest absolute Gasteiger partial charge is 0.506 e. The number of carbonyl (C=O) groups is 1. The van der Waals surface area contributed by atoms with E-state index in [2.05, 4.69) is 5.32 Å². The Balaban J connectivity index is 2.04. The topological polar surface area (TPSA) is 49.3 Å². The standard InChI is InChI=1S/C14H10Cl3NO2/c15-10-3-1-8(5-12(10)17)6-14(20)18-9-2-4-11(16)13(19)7-9/h1-5,7,19H,6H2,(H,18,20). The van der Waals surface area contributed by atoms with Crippen molar-refractivity contribution in [1.82, 2.24) is 0 Å². The van der Waals surface area contributed by atoms with Gasteiger partial charge in [-0.2, -0.15) is 0 Å². The van der Waals surface area contributed by atoms with Crippen molar-refractivity contribution in [3.8, 4) is 5.75 Å². The van der Waals surface area contributed by atoms with Gasteiger partial charge in [-0.1, -0.05) is 40.9 Å². The van der Waals surface area contributed by atoms with Gasteiger partial charge < -0.3 is 10.4 Å². The Morgan fingerprint density at radius 1 is 1.00 bits per heavy atom. The van der Waals surface area contributed by atoms with E-state index in [1.54, 1.807) is 24.3 Å².